The molecule has 0 unspecified atom stereocenters. The molecule has 2 aromatic rings. The summed E-state index contributed by atoms with van der Waals surface area (Å²) in [6.45, 7) is 0.421. The zero-order valence-corrected chi connectivity index (χ0v) is 11.2. The van der Waals surface area contributed by atoms with Crippen LogP contribution in [0.1, 0.15) is 5.56 Å². The van der Waals surface area contributed by atoms with Crippen molar-refractivity contribution in [3.05, 3.63) is 40.1 Å². The van der Waals surface area contributed by atoms with E-state index in [1.807, 2.05) is 0 Å². The lowest BCUT2D eigenvalue weighted by Gasteiger charge is -2.08. The summed E-state index contributed by atoms with van der Waals surface area (Å²) in [6, 6.07) is 4.48. The minimum Gasteiger partial charge on any atom is -0.496 e. The van der Waals surface area contributed by atoms with Gasteiger partial charge in [-0.1, -0.05) is 0 Å². The third-order valence-corrected chi connectivity index (χ3v) is 2.89. The number of hydrogen-bond acceptors (Lipinski definition) is 6. The lowest BCUT2D eigenvalue weighted by atomic mass is 10.2. The number of methoxy groups -OCH3 is 1. The van der Waals surface area contributed by atoms with Crippen LogP contribution in [-0.2, 0) is 13.6 Å². The molecule has 1 aromatic carbocycles. The lowest BCUT2D eigenvalue weighted by Crippen LogP contribution is -2.04. The number of aryl methyl sites for hydroxylation is 1. The predicted octanol–water partition coefficient (Wildman–Crippen LogP) is 1.53. The molecule has 3 N–H and O–H groups in total. The Labute approximate surface area is 115 Å². The van der Waals surface area contributed by atoms with E-state index in [2.05, 4.69) is 10.4 Å². The number of nitrogens with two attached hydrogens (primary N) is 1. The van der Waals surface area contributed by atoms with Crippen LogP contribution in [0, 0.1) is 10.1 Å². The Morgan fingerprint density at radius 1 is 1.50 bits per heavy atom. The minimum absolute atomic E-state index is 0.0361. The van der Waals surface area contributed by atoms with Crippen molar-refractivity contribution in [1.29, 1.82) is 0 Å². The maximum Gasteiger partial charge on any atom is 0.275 e. The van der Waals surface area contributed by atoms with Gasteiger partial charge in [0, 0.05) is 37.0 Å². The molecule has 0 radical (unpaired) electrons. The maximum atomic E-state index is 10.8. The molecule has 0 spiro atoms. The Balaban J connectivity index is 2.18. The average molecular weight is 277 g/mol. The van der Waals surface area contributed by atoms with Crippen molar-refractivity contribution in [2.24, 2.45) is 7.05 Å². The van der Waals surface area contributed by atoms with Crippen molar-refractivity contribution in [3.63, 3.8) is 0 Å². The fourth-order valence-corrected chi connectivity index (χ4v) is 1.73. The number of nitrogen functional groups attached to an aromatic ring is 1. The average Bonchev–Trinajstić information content (AvgIpc) is 2.76. The van der Waals surface area contributed by atoms with E-state index in [4.69, 9.17) is 10.5 Å². The number of non-ortho nitro benzene ring substituents is 1. The van der Waals surface area contributed by atoms with E-state index in [0.717, 1.165) is 5.56 Å². The first-order chi connectivity index (χ1) is 9.51. The fourth-order valence-electron chi connectivity index (χ4n) is 1.73. The van der Waals surface area contributed by atoms with Crippen LogP contribution in [0.2, 0.25) is 0 Å². The van der Waals surface area contributed by atoms with Crippen LogP contribution in [0.3, 0.4) is 0 Å². The highest BCUT2D eigenvalue weighted by molar-refractivity contribution is 5.57. The number of nitro groups is 1. The molecule has 1 heterocycles. The Hall–Kier alpha value is -2.77. The monoisotopic (exact) mass is 277 g/mol. The third kappa shape index (κ3) is 2.79. The summed E-state index contributed by atoms with van der Waals surface area (Å²) in [7, 11) is 3.21. The molecular weight excluding hydrogens is 262 g/mol. The highest BCUT2D eigenvalue weighted by Gasteiger charge is 2.11. The van der Waals surface area contributed by atoms with Gasteiger partial charge < -0.3 is 15.8 Å². The molecule has 0 saturated carbocycles. The van der Waals surface area contributed by atoms with Crippen molar-refractivity contribution < 1.29 is 9.66 Å². The van der Waals surface area contributed by atoms with E-state index in [9.17, 15) is 10.1 Å². The highest BCUT2D eigenvalue weighted by atomic mass is 16.6. The van der Waals surface area contributed by atoms with Gasteiger partial charge in [-0.05, 0) is 0 Å². The Bertz CT molecular complexity index is 638. The summed E-state index contributed by atoms with van der Waals surface area (Å²) in [5.74, 6) is 0.968. The summed E-state index contributed by atoms with van der Waals surface area (Å²) in [6.07, 6.45) is 1.65. The second kappa shape index (κ2) is 5.47. The molecule has 8 heteroatoms. The van der Waals surface area contributed by atoms with Gasteiger partial charge in [0.05, 0.1) is 24.3 Å². The molecule has 2 rings (SSSR count). The molecule has 0 fully saturated rings. The number of anilines is 2. The number of nitrogens with zero attached hydrogens (tertiary/aromatic N) is 3. The van der Waals surface area contributed by atoms with Gasteiger partial charge in [-0.3, -0.25) is 14.8 Å². The fraction of sp³-hybridized carbons (Fsp3) is 0.250. The summed E-state index contributed by atoms with van der Waals surface area (Å²) in [5, 5.41) is 17.9. The van der Waals surface area contributed by atoms with Gasteiger partial charge in [-0.25, -0.2) is 0 Å². The first-order valence-corrected chi connectivity index (χ1v) is 5.85. The number of hydrogen-bond donors (Lipinski definition) is 2. The molecule has 1 aromatic heterocycles. The number of nitrogens with one attached hydrogen (secondary N) is 1. The van der Waals surface area contributed by atoms with Crippen molar-refractivity contribution in [3.8, 4) is 5.75 Å². The first-order valence-electron chi connectivity index (χ1n) is 5.85. The van der Waals surface area contributed by atoms with Crippen LogP contribution >= 0.6 is 0 Å². The number of ether oxygens (including phenoxy) is 1. The van der Waals surface area contributed by atoms with E-state index < -0.39 is 4.92 Å². The Kier molecular flexibility index (Phi) is 3.74. The van der Waals surface area contributed by atoms with Crippen molar-refractivity contribution in [1.82, 2.24) is 9.78 Å². The van der Waals surface area contributed by atoms with Gasteiger partial charge in [0.25, 0.3) is 5.69 Å². The van der Waals surface area contributed by atoms with E-state index in [1.54, 1.807) is 24.0 Å². The predicted molar refractivity (Wildman–Crippen MR) is 74.6 cm³/mol. The van der Waals surface area contributed by atoms with Crippen molar-refractivity contribution in [2.45, 2.75) is 6.54 Å². The topological polar surface area (TPSA) is 108 Å². The maximum absolute atomic E-state index is 10.8. The zero-order chi connectivity index (χ0) is 14.7. The molecule has 0 saturated heterocycles. The second-order valence-corrected chi connectivity index (χ2v) is 4.21. The van der Waals surface area contributed by atoms with E-state index >= 15 is 0 Å². The smallest absolute Gasteiger partial charge is 0.275 e. The molecule has 0 aliphatic heterocycles. The van der Waals surface area contributed by atoms with Gasteiger partial charge in [0.2, 0.25) is 0 Å². The molecule has 0 atom stereocenters. The molecule has 0 aliphatic rings. The van der Waals surface area contributed by atoms with Crippen LogP contribution in [0.4, 0.5) is 17.2 Å². The molecule has 106 valence electrons. The van der Waals surface area contributed by atoms with E-state index in [1.165, 1.54) is 19.2 Å². The molecule has 20 heavy (non-hydrogen) atoms. The van der Waals surface area contributed by atoms with Gasteiger partial charge in [-0.2, -0.15) is 5.10 Å². The van der Waals surface area contributed by atoms with E-state index in [-0.39, 0.29) is 5.69 Å². The van der Waals surface area contributed by atoms with Gasteiger partial charge in [0.15, 0.2) is 0 Å². The summed E-state index contributed by atoms with van der Waals surface area (Å²) in [4.78, 5) is 10.4. The summed E-state index contributed by atoms with van der Waals surface area (Å²) < 4.78 is 6.60. The normalized spacial score (nSPS) is 10.3. The molecule has 0 aliphatic carbocycles. The Morgan fingerprint density at radius 2 is 2.25 bits per heavy atom. The lowest BCUT2D eigenvalue weighted by molar-refractivity contribution is -0.384. The van der Waals surface area contributed by atoms with Crippen LogP contribution in [0.5, 0.6) is 5.75 Å². The standard InChI is InChI=1S/C12H15N5O3/c1-16-12(13)8(7-15-16)6-14-9-3-10(17(18)19)5-11(4-9)20-2/h3-5,7,14H,6,13H2,1-2H3. The van der Waals surface area contributed by atoms with Gasteiger partial charge >= 0.3 is 0 Å². The van der Waals surface area contributed by atoms with Crippen molar-refractivity contribution in [2.75, 3.05) is 18.2 Å². The first kappa shape index (κ1) is 13.7. The number of rotatable bonds is 5. The van der Waals surface area contributed by atoms with Crippen molar-refractivity contribution >= 4 is 17.2 Å². The Morgan fingerprint density at radius 3 is 2.80 bits per heavy atom. The molecule has 0 bridgehead atoms. The van der Waals surface area contributed by atoms with Crippen LogP contribution in [-0.4, -0.2) is 21.8 Å². The number of nitro benzene ring substituents is 1. The quantitative estimate of drug-likeness (QED) is 0.633. The second-order valence-electron chi connectivity index (χ2n) is 4.21. The highest BCUT2D eigenvalue weighted by Crippen LogP contribution is 2.26. The summed E-state index contributed by atoms with van der Waals surface area (Å²) in [5.41, 5.74) is 7.19. The van der Waals surface area contributed by atoms with E-state index in [0.29, 0.717) is 23.8 Å². The molecular formula is C12H15N5O3. The van der Waals surface area contributed by atoms with Crippen LogP contribution in [0.25, 0.3) is 0 Å². The van der Waals surface area contributed by atoms with Crippen LogP contribution < -0.4 is 15.8 Å². The zero-order valence-electron chi connectivity index (χ0n) is 11.2. The summed E-state index contributed by atoms with van der Waals surface area (Å²) >= 11 is 0. The largest absolute Gasteiger partial charge is 0.496 e. The number of aromatic nitrogens is 2. The molecule has 8 nitrogen and oxygen atoms in total. The van der Waals surface area contributed by atoms with Gasteiger partial charge in [0.1, 0.15) is 11.6 Å². The number of benzene rings is 1. The third-order valence-electron chi connectivity index (χ3n) is 2.89. The van der Waals surface area contributed by atoms with Crippen LogP contribution in [0.15, 0.2) is 24.4 Å². The molecule has 0 amide bonds. The SMILES string of the molecule is COc1cc(NCc2cnn(C)c2N)cc([N+](=O)[O-])c1. The minimum atomic E-state index is -0.466. The van der Waals surface area contributed by atoms with Gasteiger partial charge in [-0.15, -0.1) is 0 Å².